The van der Waals surface area contributed by atoms with Crippen molar-refractivity contribution < 1.29 is 107 Å². The van der Waals surface area contributed by atoms with E-state index in [0.29, 0.717) is 0 Å². The van der Waals surface area contributed by atoms with Crippen LogP contribution in [0, 0.1) is 6.92 Å². The molecule has 0 saturated heterocycles. The molecule has 0 spiro atoms. The second-order valence-electron chi connectivity index (χ2n) is 17.9. The molecule has 0 nitrogen and oxygen atoms in total. The van der Waals surface area contributed by atoms with Crippen LogP contribution in [0.15, 0.2) is 364 Å². The van der Waals surface area contributed by atoms with Crippen molar-refractivity contribution >= 4 is 103 Å². The van der Waals surface area contributed by atoms with E-state index in [4.69, 9.17) is 0 Å². The van der Waals surface area contributed by atoms with Gasteiger partial charge in [-0.25, -0.2) is 0 Å². The van der Waals surface area contributed by atoms with Gasteiger partial charge in [-0.1, -0.05) is 364 Å². The molecule has 12 aromatic carbocycles. The summed E-state index contributed by atoms with van der Waals surface area (Å²) in [5, 5.41) is 16.8. The molecule has 0 heterocycles. The Hall–Kier alpha value is -5.02. The summed E-state index contributed by atoms with van der Waals surface area (Å²) in [6, 6.07) is 129. The summed E-state index contributed by atoms with van der Waals surface area (Å²) >= 11 is 0. The molecule has 0 aromatic heterocycles. The van der Waals surface area contributed by atoms with E-state index in [1.54, 1.807) is 6.92 Å². The Labute approximate surface area is 581 Å². The molecular formula is C74H65Au4BF4P4. The van der Waals surface area contributed by atoms with Crippen LogP contribution in [0.25, 0.3) is 0 Å². The van der Waals surface area contributed by atoms with Crippen molar-refractivity contribution in [2.24, 2.45) is 0 Å². The maximum Gasteiger partial charge on any atom is 0.673 e. The third kappa shape index (κ3) is 26.1. The van der Waals surface area contributed by atoms with Gasteiger partial charge in [0.05, 0.1) is 13.8 Å². The van der Waals surface area contributed by atoms with Crippen molar-refractivity contribution in [1.29, 1.82) is 0 Å². The predicted molar refractivity (Wildman–Crippen MR) is 362 cm³/mol. The van der Waals surface area contributed by atoms with Gasteiger partial charge < -0.3 is 17.3 Å². The third-order valence-corrected chi connectivity index (χ3v) is 21.9. The molecule has 456 valence electrons. The Bertz CT molecular complexity index is 2720. The Kier molecular flexibility index (Phi) is 38.2. The van der Waals surface area contributed by atoms with Gasteiger partial charge >= 0.3 is 7.25 Å². The topological polar surface area (TPSA) is 0 Å². The van der Waals surface area contributed by atoms with Crippen molar-refractivity contribution in [3.8, 4) is 0 Å². The summed E-state index contributed by atoms with van der Waals surface area (Å²) < 4.78 is 39.0. The van der Waals surface area contributed by atoms with Crippen LogP contribution in [0.3, 0.4) is 0 Å². The molecule has 0 aliphatic heterocycles. The number of benzene rings is 12. The van der Waals surface area contributed by atoms with Crippen molar-refractivity contribution in [3.05, 3.63) is 371 Å². The van der Waals surface area contributed by atoms with E-state index in [-0.39, 0.29) is 89.5 Å². The fourth-order valence-electron chi connectivity index (χ4n) is 8.71. The van der Waals surface area contributed by atoms with Gasteiger partial charge in [-0.15, -0.1) is 0 Å². The van der Waals surface area contributed by atoms with Gasteiger partial charge in [0, 0.05) is 89.5 Å². The van der Waals surface area contributed by atoms with Crippen molar-refractivity contribution in [3.63, 3.8) is 0 Å². The molecule has 0 aliphatic rings. The van der Waals surface area contributed by atoms with Gasteiger partial charge in [0.1, 0.15) is 0 Å². The summed E-state index contributed by atoms with van der Waals surface area (Å²) in [5.74, 6) is 0. The van der Waals surface area contributed by atoms with Crippen LogP contribution < -0.4 is 63.7 Å². The molecule has 12 rings (SSSR count). The maximum atomic E-state index is 9.75. The second-order valence-corrected chi connectivity index (χ2v) is 26.7. The zero-order chi connectivity index (χ0) is 58.2. The number of halogens is 4. The molecule has 0 bridgehead atoms. The Morgan fingerprint density at radius 2 is 0.230 bits per heavy atom. The van der Waals surface area contributed by atoms with Gasteiger partial charge in [0.2, 0.25) is 0 Å². The van der Waals surface area contributed by atoms with E-state index in [1.165, 1.54) is 63.7 Å². The van der Waals surface area contributed by atoms with Crippen LogP contribution in [-0.4, -0.2) is 7.25 Å². The SMILES string of the molecule is F[B-](F)(F)F.[Au].[Au].[Au].[Au].[CH2+]C.c1ccc(P(c2ccccc2)c2ccccc2)cc1.c1ccc(P(c2ccccc2)c2ccccc2)cc1.c1ccc(P(c2ccccc2)c2ccccc2)cc1.c1ccc(P(c2ccccc2)c2ccccc2)cc1. The average Bonchev–Trinajstić information content (AvgIpc) is 3.68. The summed E-state index contributed by atoms with van der Waals surface area (Å²) in [6.45, 7) is 5.00. The zero-order valence-corrected chi connectivity index (χ0v) is 59.7. The smallest absolute Gasteiger partial charge is 0.418 e. The largest absolute Gasteiger partial charge is 0.673 e. The number of hydrogen-bond acceptors (Lipinski definition) is 0. The van der Waals surface area contributed by atoms with Crippen LogP contribution in [0.2, 0.25) is 0 Å². The molecule has 0 aliphatic carbocycles. The van der Waals surface area contributed by atoms with Crippen LogP contribution in [0.1, 0.15) is 6.92 Å². The molecule has 0 atom stereocenters. The fraction of sp³-hybridized carbons (Fsp3) is 0.0135. The van der Waals surface area contributed by atoms with Crippen LogP contribution >= 0.6 is 31.7 Å². The van der Waals surface area contributed by atoms with Gasteiger partial charge in [0.25, 0.3) is 0 Å². The van der Waals surface area contributed by atoms with Gasteiger partial charge in [-0.3, -0.25) is 0 Å². The molecular weight excluding hydrogens is 1890 g/mol. The number of rotatable bonds is 12. The van der Waals surface area contributed by atoms with Gasteiger partial charge in [0.15, 0.2) is 0 Å². The van der Waals surface area contributed by atoms with E-state index < -0.39 is 38.9 Å². The summed E-state index contributed by atoms with van der Waals surface area (Å²) in [5.41, 5.74) is 0. The quantitative estimate of drug-likeness (QED) is 0.0495. The molecule has 4 radical (unpaired) electrons. The Balaban J connectivity index is 0.000000288. The molecule has 0 amide bonds. The molecule has 87 heavy (non-hydrogen) atoms. The molecule has 12 aromatic rings. The summed E-state index contributed by atoms with van der Waals surface area (Å²) in [6.07, 6.45) is 0. The van der Waals surface area contributed by atoms with E-state index in [0.717, 1.165) is 0 Å². The first-order valence-electron chi connectivity index (χ1n) is 27.2. The Morgan fingerprint density at radius 3 is 0.287 bits per heavy atom. The molecule has 0 N–H and O–H groups in total. The van der Waals surface area contributed by atoms with Crippen molar-refractivity contribution in [1.82, 2.24) is 0 Å². The Morgan fingerprint density at radius 1 is 0.172 bits per heavy atom. The average molecular weight is 1950 g/mol. The minimum absolute atomic E-state index is 0. The maximum absolute atomic E-state index is 9.75. The monoisotopic (exact) mass is 1950 g/mol. The van der Waals surface area contributed by atoms with E-state index in [9.17, 15) is 17.3 Å². The third-order valence-electron chi connectivity index (χ3n) is 12.2. The minimum Gasteiger partial charge on any atom is -0.418 e. The van der Waals surface area contributed by atoms with Gasteiger partial charge in [-0.05, 0) is 95.3 Å². The minimum atomic E-state index is -6.00. The van der Waals surface area contributed by atoms with E-state index in [2.05, 4.69) is 371 Å². The molecule has 0 fully saturated rings. The van der Waals surface area contributed by atoms with Crippen LogP contribution in [0.4, 0.5) is 17.3 Å². The first-order valence-corrected chi connectivity index (χ1v) is 32.6. The standard InChI is InChI=1S/4C18H15P.C2H5.4Au.BF4/c4*1-4-10-16(11-5-1)19(17-12-6-2-7-13-17)18-14-8-3-9-15-18;1-2;;;;;2-1(3,4)5/h4*1-15H;1H2,2H3;;;;;/q;;;;+1;;;;;-1. The first kappa shape index (κ1) is 76.2. The van der Waals surface area contributed by atoms with Crippen molar-refractivity contribution in [2.45, 2.75) is 6.92 Å². The normalized spacial score (nSPS) is 9.99. The fourth-order valence-corrected chi connectivity index (χ4v) is 17.9. The van der Waals surface area contributed by atoms with Crippen molar-refractivity contribution in [2.75, 3.05) is 0 Å². The van der Waals surface area contributed by atoms with Gasteiger partial charge in [-0.2, -0.15) is 0 Å². The van der Waals surface area contributed by atoms with Crippen LogP contribution in [0.5, 0.6) is 0 Å². The summed E-state index contributed by atoms with van der Waals surface area (Å²) in [4.78, 5) is 0. The summed E-state index contributed by atoms with van der Waals surface area (Å²) in [7, 11) is -7.78. The molecule has 0 unspecified atom stereocenters. The van der Waals surface area contributed by atoms with E-state index >= 15 is 0 Å². The van der Waals surface area contributed by atoms with Crippen LogP contribution in [-0.2, 0) is 89.5 Å². The zero-order valence-electron chi connectivity index (χ0n) is 47.4. The molecule has 0 saturated carbocycles. The number of hydrogen-bond donors (Lipinski definition) is 0. The first-order chi connectivity index (χ1) is 40.8. The molecule has 13 heteroatoms. The predicted octanol–water partition coefficient (Wildman–Crippen LogP) is 15.9. The van der Waals surface area contributed by atoms with E-state index in [1.807, 2.05) is 0 Å². The second kappa shape index (κ2) is 43.6.